The van der Waals surface area contributed by atoms with Gasteiger partial charge < -0.3 is 16.4 Å². The molecule has 0 spiro atoms. The Morgan fingerprint density at radius 2 is 1.78 bits per heavy atom. The van der Waals surface area contributed by atoms with Gasteiger partial charge in [-0.2, -0.15) is 0 Å². The molecule has 2 aromatic carbocycles. The van der Waals surface area contributed by atoms with Crippen molar-refractivity contribution in [1.29, 1.82) is 0 Å². The van der Waals surface area contributed by atoms with Crippen LogP contribution in [-0.2, 0) is 16.6 Å². The average molecular weight is 388 g/mol. The lowest BCUT2D eigenvalue weighted by Crippen LogP contribution is -2.27. The second kappa shape index (κ2) is 7.77. The van der Waals surface area contributed by atoms with Crippen molar-refractivity contribution < 1.29 is 18.0 Å². The lowest BCUT2D eigenvalue weighted by Gasteiger charge is -2.09. The minimum Gasteiger partial charge on any atom is -0.351 e. The van der Waals surface area contributed by atoms with Crippen LogP contribution in [0.25, 0.3) is 0 Å². The number of primary amides is 1. The lowest BCUT2D eigenvalue weighted by atomic mass is 10.2. The predicted molar refractivity (Wildman–Crippen MR) is 101 cm³/mol. The number of anilines is 1. The van der Waals surface area contributed by atoms with E-state index in [9.17, 15) is 18.0 Å². The van der Waals surface area contributed by atoms with E-state index in [2.05, 4.69) is 15.4 Å². The van der Waals surface area contributed by atoms with Crippen LogP contribution in [0.5, 0.6) is 0 Å². The third-order valence-corrected chi connectivity index (χ3v) is 5.50. The van der Waals surface area contributed by atoms with Gasteiger partial charge in [-0.1, -0.05) is 18.2 Å². The molecule has 5 N–H and O–H groups in total. The molecule has 8 nitrogen and oxygen atoms in total. The Labute approximate surface area is 157 Å². The first kappa shape index (κ1) is 18.9. The van der Waals surface area contributed by atoms with Crippen molar-refractivity contribution in [3.05, 3.63) is 59.7 Å². The molecule has 0 saturated heterocycles. The van der Waals surface area contributed by atoms with E-state index in [4.69, 9.17) is 5.73 Å². The fourth-order valence-corrected chi connectivity index (χ4v) is 3.78. The van der Waals surface area contributed by atoms with Crippen LogP contribution in [0, 0.1) is 0 Å². The molecule has 1 fully saturated rings. The van der Waals surface area contributed by atoms with Gasteiger partial charge in [0.25, 0.3) is 5.91 Å². The zero-order valence-corrected chi connectivity index (χ0v) is 15.3. The first-order valence-electron chi connectivity index (χ1n) is 8.39. The fourth-order valence-electron chi connectivity index (χ4n) is 2.43. The number of benzene rings is 2. The predicted octanol–water partition coefficient (Wildman–Crippen LogP) is 1.55. The molecule has 0 aliphatic heterocycles. The highest BCUT2D eigenvalue weighted by Crippen LogP contribution is 2.22. The van der Waals surface area contributed by atoms with Crippen molar-refractivity contribution in [3.63, 3.8) is 0 Å². The second-order valence-electron chi connectivity index (χ2n) is 6.29. The summed E-state index contributed by atoms with van der Waals surface area (Å²) >= 11 is 0. The number of carbonyl (C=O) groups is 2. The molecule has 0 radical (unpaired) electrons. The zero-order chi connectivity index (χ0) is 19.4. The average Bonchev–Trinajstić information content (AvgIpc) is 3.44. The molecule has 9 heteroatoms. The number of nitrogens with two attached hydrogens (primary N) is 1. The zero-order valence-electron chi connectivity index (χ0n) is 14.4. The van der Waals surface area contributed by atoms with Gasteiger partial charge in [0.1, 0.15) is 0 Å². The summed E-state index contributed by atoms with van der Waals surface area (Å²) in [5.41, 5.74) is 6.68. The number of hydrogen-bond donors (Lipinski definition) is 4. The normalized spacial score (nSPS) is 13.8. The number of sulfonamides is 1. The number of hydrogen-bond acceptors (Lipinski definition) is 4. The smallest absolute Gasteiger partial charge is 0.316 e. The van der Waals surface area contributed by atoms with Crippen molar-refractivity contribution in [1.82, 2.24) is 10.0 Å². The highest BCUT2D eigenvalue weighted by molar-refractivity contribution is 7.89. The van der Waals surface area contributed by atoms with Crippen LogP contribution in [0.2, 0.25) is 0 Å². The Morgan fingerprint density at radius 3 is 2.41 bits per heavy atom. The van der Waals surface area contributed by atoms with Gasteiger partial charge in [0, 0.05) is 23.8 Å². The van der Waals surface area contributed by atoms with Gasteiger partial charge in [-0.15, -0.1) is 0 Å². The molecule has 3 amide bonds. The standard InChI is InChI=1S/C18H20N4O4S/c19-18(24)21-14-6-4-12(5-7-14)11-20-17(23)13-2-1-3-16(10-13)27(25,26)22-15-8-9-15/h1-7,10,15,22H,8-9,11H2,(H,20,23)(H3,19,21,24). The highest BCUT2D eigenvalue weighted by atomic mass is 32.2. The van der Waals surface area contributed by atoms with E-state index in [1.165, 1.54) is 12.1 Å². The Morgan fingerprint density at radius 1 is 1.07 bits per heavy atom. The summed E-state index contributed by atoms with van der Waals surface area (Å²) in [4.78, 5) is 23.2. The third-order valence-electron chi connectivity index (χ3n) is 3.98. The summed E-state index contributed by atoms with van der Waals surface area (Å²) < 4.78 is 27.1. The lowest BCUT2D eigenvalue weighted by molar-refractivity contribution is 0.0950. The minimum absolute atomic E-state index is 0.000455. The Hall–Kier alpha value is -2.91. The van der Waals surface area contributed by atoms with Gasteiger partial charge in [-0.05, 0) is 48.7 Å². The van der Waals surface area contributed by atoms with Crippen molar-refractivity contribution in [2.75, 3.05) is 5.32 Å². The monoisotopic (exact) mass is 388 g/mol. The van der Waals surface area contributed by atoms with Crippen LogP contribution in [-0.4, -0.2) is 26.4 Å². The molecule has 0 heterocycles. The van der Waals surface area contributed by atoms with Gasteiger partial charge in [-0.25, -0.2) is 17.9 Å². The molecular formula is C18H20N4O4S. The Balaban J connectivity index is 1.62. The van der Waals surface area contributed by atoms with Crippen LogP contribution in [0.3, 0.4) is 0 Å². The van der Waals surface area contributed by atoms with Crippen molar-refractivity contribution >= 4 is 27.6 Å². The highest BCUT2D eigenvalue weighted by Gasteiger charge is 2.28. The van der Waals surface area contributed by atoms with Crippen LogP contribution in [0.4, 0.5) is 10.5 Å². The topological polar surface area (TPSA) is 130 Å². The molecule has 27 heavy (non-hydrogen) atoms. The minimum atomic E-state index is -3.61. The Bertz CT molecular complexity index is 954. The molecule has 3 rings (SSSR count). The molecule has 142 valence electrons. The summed E-state index contributed by atoms with van der Waals surface area (Å²) in [5.74, 6) is -0.377. The van der Waals surface area contributed by atoms with Crippen molar-refractivity contribution in [3.8, 4) is 0 Å². The quantitative estimate of drug-likeness (QED) is 0.573. The first-order chi connectivity index (χ1) is 12.8. The van der Waals surface area contributed by atoms with Gasteiger partial charge in [0.2, 0.25) is 10.0 Å². The largest absolute Gasteiger partial charge is 0.351 e. The SMILES string of the molecule is NC(=O)Nc1ccc(CNC(=O)c2cccc(S(=O)(=O)NC3CC3)c2)cc1. The van der Waals surface area contributed by atoms with Crippen LogP contribution < -0.4 is 21.1 Å². The van der Waals surface area contributed by atoms with Gasteiger partial charge in [0.05, 0.1) is 4.90 Å². The molecule has 0 aromatic heterocycles. The summed E-state index contributed by atoms with van der Waals surface area (Å²) in [5, 5.41) is 5.19. The molecular weight excluding hydrogens is 368 g/mol. The second-order valence-corrected chi connectivity index (χ2v) is 8.01. The van der Waals surface area contributed by atoms with E-state index in [0.29, 0.717) is 5.69 Å². The summed E-state index contributed by atoms with van der Waals surface area (Å²) in [6, 6.07) is 12.1. The third kappa shape index (κ3) is 5.28. The van der Waals surface area contributed by atoms with Crippen LogP contribution >= 0.6 is 0 Å². The molecule has 1 aliphatic rings. The molecule has 1 saturated carbocycles. The number of carbonyl (C=O) groups excluding carboxylic acids is 2. The maximum atomic E-state index is 12.3. The van der Waals surface area contributed by atoms with E-state index >= 15 is 0 Å². The van der Waals surface area contributed by atoms with E-state index in [-0.39, 0.29) is 29.0 Å². The maximum Gasteiger partial charge on any atom is 0.316 e. The molecule has 0 atom stereocenters. The van der Waals surface area contributed by atoms with E-state index in [0.717, 1.165) is 18.4 Å². The van der Waals surface area contributed by atoms with E-state index in [1.807, 2.05) is 0 Å². The van der Waals surface area contributed by atoms with E-state index in [1.54, 1.807) is 36.4 Å². The maximum absolute atomic E-state index is 12.3. The van der Waals surface area contributed by atoms with Crippen molar-refractivity contribution in [2.45, 2.75) is 30.3 Å². The van der Waals surface area contributed by atoms with Crippen molar-refractivity contribution in [2.24, 2.45) is 5.73 Å². The molecule has 2 aromatic rings. The van der Waals surface area contributed by atoms with E-state index < -0.39 is 16.1 Å². The van der Waals surface area contributed by atoms with Gasteiger partial charge in [0.15, 0.2) is 0 Å². The van der Waals surface area contributed by atoms with Gasteiger partial charge >= 0.3 is 6.03 Å². The summed E-state index contributed by atoms with van der Waals surface area (Å²) in [7, 11) is -3.61. The summed E-state index contributed by atoms with van der Waals surface area (Å²) in [6.45, 7) is 0.257. The number of urea groups is 1. The Kier molecular flexibility index (Phi) is 5.43. The molecule has 1 aliphatic carbocycles. The number of nitrogens with one attached hydrogen (secondary N) is 3. The molecule has 0 unspecified atom stereocenters. The summed E-state index contributed by atoms with van der Waals surface area (Å²) in [6.07, 6.45) is 1.68. The fraction of sp³-hybridized carbons (Fsp3) is 0.222. The van der Waals surface area contributed by atoms with Crippen LogP contribution in [0.15, 0.2) is 53.4 Å². The molecule has 0 bridgehead atoms. The number of rotatable bonds is 7. The van der Waals surface area contributed by atoms with Crippen LogP contribution in [0.1, 0.15) is 28.8 Å². The van der Waals surface area contributed by atoms with Gasteiger partial charge in [-0.3, -0.25) is 4.79 Å². The first-order valence-corrected chi connectivity index (χ1v) is 9.88. The number of amides is 3.